The number of ketones is 1. The Bertz CT molecular complexity index is 777. The van der Waals surface area contributed by atoms with Crippen molar-refractivity contribution in [3.05, 3.63) is 47.5 Å². The number of hydrogen-bond acceptors (Lipinski definition) is 6. The molecule has 1 aliphatic rings. The van der Waals surface area contributed by atoms with Crippen molar-refractivity contribution in [1.82, 2.24) is 0 Å². The fourth-order valence-corrected chi connectivity index (χ4v) is 2.24. The number of ether oxygens (including phenoxy) is 3. The van der Waals surface area contributed by atoms with Crippen molar-refractivity contribution in [2.45, 2.75) is 0 Å². The van der Waals surface area contributed by atoms with Gasteiger partial charge in [-0.25, -0.2) is 0 Å². The minimum absolute atomic E-state index is 0.00628. The number of carbonyl (C=O) groups is 1. The van der Waals surface area contributed by atoms with E-state index in [2.05, 4.69) is 0 Å². The molecule has 2 N–H and O–H groups in total. The SMILES string of the molecule is COc1cc2c(c(O)c1C(=O)/C=C/c1ccc(O)cc1)OCO2. The van der Waals surface area contributed by atoms with E-state index in [1.54, 1.807) is 18.2 Å². The molecule has 6 nitrogen and oxygen atoms in total. The summed E-state index contributed by atoms with van der Waals surface area (Å²) in [6.45, 7) is -0.0208. The number of aromatic hydroxyl groups is 2. The molecule has 0 bridgehead atoms. The second kappa shape index (κ2) is 5.92. The van der Waals surface area contributed by atoms with Crippen LogP contribution in [0.5, 0.6) is 28.7 Å². The molecule has 0 fully saturated rings. The second-order valence-electron chi connectivity index (χ2n) is 4.83. The summed E-state index contributed by atoms with van der Waals surface area (Å²) in [6.07, 6.45) is 2.89. The highest BCUT2D eigenvalue weighted by atomic mass is 16.7. The third-order valence-corrected chi connectivity index (χ3v) is 3.39. The first-order valence-corrected chi connectivity index (χ1v) is 6.81. The first-order valence-electron chi connectivity index (χ1n) is 6.81. The van der Waals surface area contributed by atoms with Crippen molar-refractivity contribution < 1.29 is 29.2 Å². The van der Waals surface area contributed by atoms with Gasteiger partial charge < -0.3 is 24.4 Å². The third-order valence-electron chi connectivity index (χ3n) is 3.39. The molecule has 1 heterocycles. The fourth-order valence-electron chi connectivity index (χ4n) is 2.24. The average molecular weight is 314 g/mol. The van der Waals surface area contributed by atoms with Crippen molar-refractivity contribution in [1.29, 1.82) is 0 Å². The van der Waals surface area contributed by atoms with Gasteiger partial charge in [-0.05, 0) is 23.8 Å². The maximum atomic E-state index is 12.4. The number of phenolic OH excluding ortho intramolecular Hbond substituents is 2. The Morgan fingerprint density at radius 1 is 1.22 bits per heavy atom. The molecule has 0 atom stereocenters. The van der Waals surface area contributed by atoms with Gasteiger partial charge in [-0.15, -0.1) is 0 Å². The van der Waals surface area contributed by atoms with E-state index >= 15 is 0 Å². The molecule has 3 rings (SSSR count). The molecule has 0 radical (unpaired) electrons. The van der Waals surface area contributed by atoms with Crippen LogP contribution in [0.15, 0.2) is 36.4 Å². The number of fused-ring (bicyclic) bond motifs is 1. The van der Waals surface area contributed by atoms with E-state index in [0.717, 1.165) is 5.56 Å². The summed E-state index contributed by atoms with van der Waals surface area (Å²) >= 11 is 0. The highest BCUT2D eigenvalue weighted by Gasteiger charge is 2.27. The lowest BCUT2D eigenvalue weighted by atomic mass is 10.1. The summed E-state index contributed by atoms with van der Waals surface area (Å²) in [6, 6.07) is 7.86. The Hall–Kier alpha value is -3.15. The first kappa shape index (κ1) is 14.8. The Morgan fingerprint density at radius 3 is 2.65 bits per heavy atom. The molecule has 6 heteroatoms. The first-order chi connectivity index (χ1) is 11.1. The average Bonchev–Trinajstić information content (AvgIpc) is 3.02. The van der Waals surface area contributed by atoms with Crippen LogP contribution in [0.3, 0.4) is 0 Å². The molecule has 0 aromatic heterocycles. The normalized spacial score (nSPS) is 12.6. The lowest BCUT2D eigenvalue weighted by molar-refractivity contribution is 0.104. The van der Waals surface area contributed by atoms with Gasteiger partial charge in [-0.1, -0.05) is 18.2 Å². The molecule has 0 unspecified atom stereocenters. The molecule has 118 valence electrons. The number of methoxy groups -OCH3 is 1. The molecule has 0 aliphatic carbocycles. The van der Waals surface area contributed by atoms with Crippen molar-refractivity contribution >= 4 is 11.9 Å². The lowest BCUT2D eigenvalue weighted by Gasteiger charge is -2.10. The lowest BCUT2D eigenvalue weighted by Crippen LogP contribution is -2.00. The van der Waals surface area contributed by atoms with Crippen LogP contribution in [0.2, 0.25) is 0 Å². The quantitative estimate of drug-likeness (QED) is 0.667. The highest BCUT2D eigenvalue weighted by molar-refractivity contribution is 6.11. The predicted molar refractivity (Wildman–Crippen MR) is 82.3 cm³/mol. The minimum atomic E-state index is -0.439. The van der Waals surface area contributed by atoms with Crippen LogP contribution in [0.25, 0.3) is 6.08 Å². The summed E-state index contributed by atoms with van der Waals surface area (Å²) < 4.78 is 15.5. The molecule has 0 saturated heterocycles. The number of benzene rings is 2. The molecule has 0 amide bonds. The number of hydrogen-bond donors (Lipinski definition) is 2. The zero-order valence-electron chi connectivity index (χ0n) is 12.3. The second-order valence-corrected chi connectivity index (χ2v) is 4.83. The van der Waals surface area contributed by atoms with Crippen LogP contribution in [0, 0.1) is 0 Å². The van der Waals surface area contributed by atoms with Crippen LogP contribution in [0.4, 0.5) is 0 Å². The van der Waals surface area contributed by atoms with Crippen LogP contribution in [-0.2, 0) is 0 Å². The van der Waals surface area contributed by atoms with Gasteiger partial charge in [0, 0.05) is 6.07 Å². The van der Waals surface area contributed by atoms with E-state index < -0.39 is 5.78 Å². The van der Waals surface area contributed by atoms with E-state index in [1.807, 2.05) is 0 Å². The van der Waals surface area contributed by atoms with Crippen molar-refractivity contribution in [2.75, 3.05) is 13.9 Å². The predicted octanol–water partition coefficient (Wildman–Crippen LogP) is 2.73. The van der Waals surface area contributed by atoms with E-state index in [9.17, 15) is 15.0 Å². The maximum Gasteiger partial charge on any atom is 0.231 e. The largest absolute Gasteiger partial charge is 0.508 e. The van der Waals surface area contributed by atoms with Crippen LogP contribution in [0.1, 0.15) is 15.9 Å². The van der Waals surface area contributed by atoms with Gasteiger partial charge in [-0.3, -0.25) is 4.79 Å². The molecule has 1 aliphatic heterocycles. The van der Waals surface area contributed by atoms with E-state index in [1.165, 1.54) is 31.4 Å². The van der Waals surface area contributed by atoms with Crippen molar-refractivity contribution in [2.24, 2.45) is 0 Å². The van der Waals surface area contributed by atoms with Crippen LogP contribution in [-0.4, -0.2) is 29.9 Å². The van der Waals surface area contributed by atoms with Crippen molar-refractivity contribution in [3.8, 4) is 28.7 Å². The number of phenols is 2. The summed E-state index contributed by atoms with van der Waals surface area (Å²) in [5.74, 6) is 0.0594. The Labute approximate surface area is 132 Å². The summed E-state index contributed by atoms with van der Waals surface area (Å²) in [4.78, 5) is 12.4. The van der Waals surface area contributed by atoms with E-state index in [0.29, 0.717) is 5.75 Å². The monoisotopic (exact) mass is 314 g/mol. The van der Waals surface area contributed by atoms with E-state index in [-0.39, 0.29) is 35.4 Å². The fraction of sp³-hybridized carbons (Fsp3) is 0.118. The van der Waals surface area contributed by atoms with Gasteiger partial charge in [0.15, 0.2) is 17.3 Å². The standard InChI is InChI=1S/C17H14O6/c1-21-13-8-14-17(23-9-22-14)16(20)15(13)12(19)7-4-10-2-5-11(18)6-3-10/h2-8,18,20H,9H2,1H3/b7-4+. The van der Waals surface area contributed by atoms with Gasteiger partial charge in [0.2, 0.25) is 12.5 Å². The van der Waals surface area contributed by atoms with Gasteiger partial charge in [-0.2, -0.15) is 0 Å². The van der Waals surface area contributed by atoms with Gasteiger partial charge in [0.05, 0.1) is 7.11 Å². The zero-order chi connectivity index (χ0) is 16.4. The minimum Gasteiger partial charge on any atom is -0.508 e. The third kappa shape index (κ3) is 2.78. The van der Waals surface area contributed by atoms with Crippen LogP contribution >= 0.6 is 0 Å². The van der Waals surface area contributed by atoms with Crippen molar-refractivity contribution in [3.63, 3.8) is 0 Å². The molecule has 0 spiro atoms. The topological polar surface area (TPSA) is 85.2 Å². The molecule has 0 saturated carbocycles. The van der Waals surface area contributed by atoms with Gasteiger partial charge in [0.25, 0.3) is 0 Å². The Kier molecular flexibility index (Phi) is 3.80. The summed E-state index contributed by atoms with van der Waals surface area (Å²) in [5.41, 5.74) is 0.738. The van der Waals surface area contributed by atoms with Crippen LogP contribution < -0.4 is 14.2 Å². The number of allylic oxidation sites excluding steroid dienone is 1. The molecular weight excluding hydrogens is 300 g/mol. The van der Waals surface area contributed by atoms with E-state index in [4.69, 9.17) is 14.2 Å². The Morgan fingerprint density at radius 2 is 1.96 bits per heavy atom. The molecule has 23 heavy (non-hydrogen) atoms. The highest BCUT2D eigenvalue weighted by Crippen LogP contribution is 2.47. The summed E-state index contributed by atoms with van der Waals surface area (Å²) in [5, 5.41) is 19.5. The smallest absolute Gasteiger partial charge is 0.231 e. The van der Waals surface area contributed by atoms with Gasteiger partial charge >= 0.3 is 0 Å². The van der Waals surface area contributed by atoms with Gasteiger partial charge in [0.1, 0.15) is 17.1 Å². The number of rotatable bonds is 4. The zero-order valence-corrected chi connectivity index (χ0v) is 12.3. The molecular formula is C17H14O6. The molecule has 2 aromatic rings. The summed E-state index contributed by atoms with van der Waals surface area (Å²) in [7, 11) is 1.40. The Balaban J connectivity index is 1.94. The number of carbonyl (C=O) groups excluding carboxylic acids is 1. The maximum absolute atomic E-state index is 12.4. The molecule has 2 aromatic carbocycles.